The van der Waals surface area contributed by atoms with Crippen LogP contribution in [0.4, 0.5) is 10.1 Å². The highest BCUT2D eigenvalue weighted by Crippen LogP contribution is 2.36. The summed E-state index contributed by atoms with van der Waals surface area (Å²) in [6.45, 7) is 7.67. The van der Waals surface area contributed by atoms with E-state index in [9.17, 15) is 24.4 Å². The second kappa shape index (κ2) is 12.8. The molecular weight excluding hydrogens is 507 g/mol. The number of aliphatic hydroxyl groups excluding tert-OH is 1. The third-order valence-corrected chi connectivity index (χ3v) is 6.22. The number of benzene rings is 3. The van der Waals surface area contributed by atoms with Gasteiger partial charge in [-0.25, -0.2) is 9.18 Å². The molecule has 10 heteroatoms. The van der Waals surface area contributed by atoms with Gasteiger partial charge in [0, 0.05) is 23.7 Å². The van der Waals surface area contributed by atoms with Crippen LogP contribution >= 0.6 is 0 Å². The van der Waals surface area contributed by atoms with Gasteiger partial charge < -0.3 is 25.0 Å². The third-order valence-electron chi connectivity index (χ3n) is 6.22. The molecule has 1 unspecified atom stereocenters. The first-order valence-electron chi connectivity index (χ1n) is 12.4. The number of rotatable bonds is 13. The van der Waals surface area contributed by atoms with E-state index in [1.54, 1.807) is 44.2 Å². The summed E-state index contributed by atoms with van der Waals surface area (Å²) in [6.07, 6.45) is -0.797. The average molecular weight is 541 g/mol. The number of nitro benzene ring substituents is 1. The molecule has 3 aromatic carbocycles. The molecule has 2 atom stereocenters. The van der Waals surface area contributed by atoms with Crippen LogP contribution in [0.2, 0.25) is 0 Å². The molecule has 9 nitrogen and oxygen atoms in total. The SMILES string of the molecule is Cc1ccc(CC(C)(C)NC[C@H](O)COC(C)c2ccccc2Oc2ccc(C(=O)O)cc2[N+](=O)[O-])cc1F. The van der Waals surface area contributed by atoms with Gasteiger partial charge in [-0.3, -0.25) is 10.1 Å². The molecule has 39 heavy (non-hydrogen) atoms. The number of carboxylic acid groups (broad SMARTS) is 1. The molecule has 0 aliphatic carbocycles. The quantitative estimate of drug-likeness (QED) is 0.189. The van der Waals surface area contributed by atoms with Crippen molar-refractivity contribution < 1.29 is 33.8 Å². The minimum atomic E-state index is -1.28. The van der Waals surface area contributed by atoms with Crippen LogP contribution in [0.5, 0.6) is 11.5 Å². The summed E-state index contributed by atoms with van der Waals surface area (Å²) in [4.78, 5) is 22.0. The van der Waals surface area contributed by atoms with E-state index in [0.717, 1.165) is 11.6 Å². The first-order valence-corrected chi connectivity index (χ1v) is 12.4. The molecule has 0 aliphatic rings. The fraction of sp³-hybridized carbons (Fsp3) is 0.345. The van der Waals surface area contributed by atoms with Crippen LogP contribution in [0.1, 0.15) is 53.9 Å². The van der Waals surface area contributed by atoms with Crippen LogP contribution in [-0.4, -0.2) is 45.9 Å². The highest BCUT2D eigenvalue weighted by atomic mass is 19.1. The van der Waals surface area contributed by atoms with Crippen LogP contribution in [-0.2, 0) is 11.2 Å². The average Bonchev–Trinajstić information content (AvgIpc) is 2.88. The van der Waals surface area contributed by atoms with Gasteiger partial charge in [0.2, 0.25) is 5.75 Å². The van der Waals surface area contributed by atoms with E-state index in [2.05, 4.69) is 5.32 Å². The molecule has 3 aromatic rings. The maximum atomic E-state index is 13.9. The minimum absolute atomic E-state index is 0.00516. The first-order chi connectivity index (χ1) is 18.4. The Balaban J connectivity index is 1.60. The van der Waals surface area contributed by atoms with Crippen LogP contribution in [0.15, 0.2) is 60.7 Å². The Hall–Kier alpha value is -3.86. The highest BCUT2D eigenvalue weighted by molar-refractivity contribution is 5.89. The number of hydrogen-bond donors (Lipinski definition) is 3. The molecule has 0 fully saturated rings. The molecule has 0 aromatic heterocycles. The molecule has 208 valence electrons. The van der Waals surface area contributed by atoms with E-state index in [4.69, 9.17) is 14.6 Å². The standard InChI is InChI=1S/C29H33FN2O7/c1-18-9-10-20(13-24(18)30)15-29(3,4)31-16-22(33)17-38-19(2)23-7-5-6-8-26(23)39-27-12-11-21(28(34)35)14-25(27)32(36)37/h5-14,19,22,31,33H,15-17H2,1-4H3,(H,34,35)/t19?,22-/m0/s1. The molecule has 0 saturated heterocycles. The monoisotopic (exact) mass is 540 g/mol. The van der Waals surface area contributed by atoms with Crippen LogP contribution in [0.25, 0.3) is 0 Å². The summed E-state index contributed by atoms with van der Waals surface area (Å²) in [7, 11) is 0. The number of β-amino-alcohol motifs (C(OH)–C–C–N with tert-alkyl or cyclic N) is 1. The van der Waals surface area contributed by atoms with Gasteiger partial charge in [0.15, 0.2) is 0 Å². The normalized spacial score (nSPS) is 13.1. The Morgan fingerprint density at radius 3 is 2.51 bits per heavy atom. The summed E-state index contributed by atoms with van der Waals surface area (Å²) in [5.74, 6) is -1.34. The largest absolute Gasteiger partial charge is 0.478 e. The van der Waals surface area contributed by atoms with E-state index in [0.29, 0.717) is 23.3 Å². The topological polar surface area (TPSA) is 131 Å². The zero-order valence-corrected chi connectivity index (χ0v) is 22.3. The van der Waals surface area contributed by atoms with E-state index in [-0.39, 0.29) is 30.3 Å². The van der Waals surface area contributed by atoms with Crippen molar-refractivity contribution in [2.75, 3.05) is 13.2 Å². The number of hydrogen-bond acceptors (Lipinski definition) is 7. The third kappa shape index (κ3) is 8.31. The molecule has 0 heterocycles. The second-order valence-electron chi connectivity index (χ2n) is 10.0. The number of aliphatic hydroxyl groups is 1. The van der Waals surface area contributed by atoms with Crippen LogP contribution < -0.4 is 10.1 Å². The predicted octanol–water partition coefficient (Wildman–Crippen LogP) is 5.58. The van der Waals surface area contributed by atoms with Gasteiger partial charge in [0.05, 0.1) is 29.3 Å². The summed E-state index contributed by atoms with van der Waals surface area (Å²) in [5.41, 5.74) is 0.930. The van der Waals surface area contributed by atoms with Crippen molar-refractivity contribution in [1.29, 1.82) is 0 Å². The maximum Gasteiger partial charge on any atom is 0.335 e. The van der Waals surface area contributed by atoms with E-state index >= 15 is 0 Å². The van der Waals surface area contributed by atoms with Crippen LogP contribution in [0, 0.1) is 22.9 Å². The van der Waals surface area contributed by atoms with Crippen molar-refractivity contribution in [2.24, 2.45) is 0 Å². The van der Waals surface area contributed by atoms with E-state index < -0.39 is 34.3 Å². The summed E-state index contributed by atoms with van der Waals surface area (Å²) in [6, 6.07) is 15.4. The van der Waals surface area contributed by atoms with E-state index in [1.165, 1.54) is 18.2 Å². The Labute approximate surface area is 226 Å². The number of aryl methyl sites for hydroxylation is 1. The Morgan fingerprint density at radius 2 is 1.85 bits per heavy atom. The molecular formula is C29H33FN2O7. The van der Waals surface area contributed by atoms with Crippen molar-refractivity contribution in [2.45, 2.75) is 51.9 Å². The Kier molecular flexibility index (Phi) is 9.74. The van der Waals surface area contributed by atoms with Crippen molar-refractivity contribution in [3.63, 3.8) is 0 Å². The van der Waals surface area contributed by atoms with Gasteiger partial charge in [-0.2, -0.15) is 0 Å². The number of aromatic carboxylic acids is 1. The summed E-state index contributed by atoms with van der Waals surface area (Å²) < 4.78 is 25.6. The summed E-state index contributed by atoms with van der Waals surface area (Å²) in [5, 5.41) is 34.5. The lowest BCUT2D eigenvalue weighted by Crippen LogP contribution is -2.46. The van der Waals surface area contributed by atoms with Crippen molar-refractivity contribution in [3.8, 4) is 11.5 Å². The molecule has 0 radical (unpaired) electrons. The molecule has 3 N–H and O–H groups in total. The molecule has 0 aliphatic heterocycles. The number of halogens is 1. The number of ether oxygens (including phenoxy) is 2. The number of para-hydroxylation sites is 1. The fourth-order valence-corrected chi connectivity index (χ4v) is 4.02. The number of carboxylic acids is 1. The van der Waals surface area contributed by atoms with E-state index in [1.807, 2.05) is 19.9 Å². The lowest BCUT2D eigenvalue weighted by molar-refractivity contribution is -0.385. The van der Waals surface area contributed by atoms with Gasteiger partial charge >= 0.3 is 11.7 Å². The van der Waals surface area contributed by atoms with Crippen molar-refractivity contribution in [3.05, 3.63) is 98.8 Å². The van der Waals surface area contributed by atoms with Gasteiger partial charge in [-0.15, -0.1) is 0 Å². The molecule has 0 saturated carbocycles. The van der Waals surface area contributed by atoms with Gasteiger partial charge in [0.1, 0.15) is 11.6 Å². The van der Waals surface area contributed by atoms with Crippen molar-refractivity contribution >= 4 is 11.7 Å². The Bertz CT molecular complexity index is 1330. The molecule has 0 amide bonds. The summed E-state index contributed by atoms with van der Waals surface area (Å²) >= 11 is 0. The number of nitro groups is 1. The zero-order valence-electron chi connectivity index (χ0n) is 22.3. The fourth-order valence-electron chi connectivity index (χ4n) is 4.02. The number of nitrogens with zero attached hydrogens (tertiary/aromatic N) is 1. The molecule has 0 spiro atoms. The minimum Gasteiger partial charge on any atom is -0.478 e. The first kappa shape index (κ1) is 29.7. The lowest BCUT2D eigenvalue weighted by atomic mass is 9.94. The van der Waals surface area contributed by atoms with Crippen LogP contribution in [0.3, 0.4) is 0 Å². The lowest BCUT2D eigenvalue weighted by Gasteiger charge is -2.28. The highest BCUT2D eigenvalue weighted by Gasteiger charge is 2.23. The van der Waals surface area contributed by atoms with Gasteiger partial charge in [0.25, 0.3) is 0 Å². The van der Waals surface area contributed by atoms with Gasteiger partial charge in [-0.1, -0.05) is 30.3 Å². The smallest absolute Gasteiger partial charge is 0.335 e. The number of carbonyl (C=O) groups is 1. The number of nitrogens with one attached hydrogen (secondary N) is 1. The van der Waals surface area contributed by atoms with Crippen molar-refractivity contribution in [1.82, 2.24) is 5.32 Å². The molecule has 0 bridgehead atoms. The Morgan fingerprint density at radius 1 is 1.13 bits per heavy atom. The maximum absolute atomic E-state index is 13.9. The predicted molar refractivity (Wildman–Crippen MR) is 144 cm³/mol. The second-order valence-corrected chi connectivity index (χ2v) is 10.0. The zero-order chi connectivity index (χ0) is 28.7. The van der Waals surface area contributed by atoms with Gasteiger partial charge in [-0.05, 0) is 69.5 Å². The molecule has 3 rings (SSSR count).